The third kappa shape index (κ3) is 8.18. The summed E-state index contributed by atoms with van der Waals surface area (Å²) in [6.45, 7) is 9.24. The minimum Gasteiger partial charge on any atom is -0.466 e. The number of amides is 1. The molecule has 2 rings (SSSR count). The van der Waals surface area contributed by atoms with Crippen molar-refractivity contribution in [3.8, 4) is 0 Å². The van der Waals surface area contributed by atoms with E-state index < -0.39 is 0 Å². The summed E-state index contributed by atoms with van der Waals surface area (Å²) in [6, 6.07) is 0. The van der Waals surface area contributed by atoms with Gasteiger partial charge in [-0.2, -0.15) is 0 Å². The van der Waals surface area contributed by atoms with Gasteiger partial charge in [-0.05, 0) is 32.7 Å². The number of piperidine rings is 1. The molecule has 2 saturated heterocycles. The van der Waals surface area contributed by atoms with Crippen molar-refractivity contribution >= 4 is 17.8 Å². The smallest absolute Gasteiger partial charge is 0.309 e. The van der Waals surface area contributed by atoms with Gasteiger partial charge in [0.1, 0.15) is 6.54 Å². The zero-order valence-corrected chi connectivity index (χ0v) is 18.2. The van der Waals surface area contributed by atoms with Gasteiger partial charge in [-0.1, -0.05) is 0 Å². The van der Waals surface area contributed by atoms with Crippen molar-refractivity contribution < 1.29 is 19.1 Å². The predicted molar refractivity (Wildman–Crippen MR) is 112 cm³/mol. The number of nitrogens with zero attached hydrogens (tertiary/aromatic N) is 4. The van der Waals surface area contributed by atoms with Crippen LogP contribution < -0.4 is 5.32 Å². The number of guanidine groups is 1. The first-order valence-corrected chi connectivity index (χ1v) is 10.7. The summed E-state index contributed by atoms with van der Waals surface area (Å²) in [5, 5.41) is 3.42. The number of aliphatic imine (C=N–C) groups is 1. The van der Waals surface area contributed by atoms with Crippen LogP contribution in [0.1, 0.15) is 26.2 Å². The van der Waals surface area contributed by atoms with Crippen LogP contribution in [0.2, 0.25) is 0 Å². The van der Waals surface area contributed by atoms with Crippen LogP contribution in [0.15, 0.2) is 4.99 Å². The normalized spacial score (nSPS) is 19.1. The van der Waals surface area contributed by atoms with Gasteiger partial charge >= 0.3 is 5.97 Å². The van der Waals surface area contributed by atoms with Crippen LogP contribution in [-0.4, -0.2) is 112 Å². The summed E-state index contributed by atoms with van der Waals surface area (Å²) in [5.74, 6) is 0.576. The first kappa shape index (κ1) is 23.4. The fraction of sp³-hybridized carbons (Fsp3) is 0.850. The molecule has 1 amide bonds. The van der Waals surface area contributed by atoms with Gasteiger partial charge in [0.25, 0.3) is 0 Å². The summed E-state index contributed by atoms with van der Waals surface area (Å²) in [6.07, 6.45) is 2.49. The molecule has 0 spiro atoms. The molecular formula is C20H37N5O4. The van der Waals surface area contributed by atoms with E-state index in [-0.39, 0.29) is 24.3 Å². The van der Waals surface area contributed by atoms with Gasteiger partial charge in [0, 0.05) is 46.8 Å². The Bertz CT molecular complexity index is 541. The van der Waals surface area contributed by atoms with Gasteiger partial charge in [0.2, 0.25) is 5.91 Å². The van der Waals surface area contributed by atoms with E-state index in [1.165, 1.54) is 0 Å². The van der Waals surface area contributed by atoms with Gasteiger partial charge < -0.3 is 24.6 Å². The molecule has 0 aromatic carbocycles. The Hall–Kier alpha value is -1.87. The molecule has 29 heavy (non-hydrogen) atoms. The second-order valence-electron chi connectivity index (χ2n) is 7.68. The van der Waals surface area contributed by atoms with Crippen LogP contribution in [0.5, 0.6) is 0 Å². The Morgan fingerprint density at radius 2 is 1.86 bits per heavy atom. The lowest BCUT2D eigenvalue weighted by Crippen LogP contribution is -2.48. The molecule has 2 fully saturated rings. The fourth-order valence-corrected chi connectivity index (χ4v) is 3.47. The van der Waals surface area contributed by atoms with Gasteiger partial charge in [0.05, 0.1) is 25.7 Å². The molecule has 0 aliphatic carbocycles. The number of hydrogen-bond donors (Lipinski definition) is 1. The fourth-order valence-electron chi connectivity index (χ4n) is 3.47. The van der Waals surface area contributed by atoms with Gasteiger partial charge in [-0.25, -0.2) is 4.99 Å². The van der Waals surface area contributed by atoms with Gasteiger partial charge in [-0.15, -0.1) is 0 Å². The van der Waals surface area contributed by atoms with Crippen LogP contribution >= 0.6 is 0 Å². The number of likely N-dealkylation sites (N-methyl/N-ethyl adjacent to an activating group) is 1. The lowest BCUT2D eigenvalue weighted by molar-refractivity contribution is -0.149. The zero-order valence-electron chi connectivity index (χ0n) is 18.2. The highest BCUT2D eigenvalue weighted by molar-refractivity contribution is 5.85. The number of morpholine rings is 1. The Labute approximate surface area is 174 Å². The van der Waals surface area contributed by atoms with Gasteiger partial charge in [0.15, 0.2) is 5.96 Å². The summed E-state index contributed by atoms with van der Waals surface area (Å²) < 4.78 is 10.5. The molecule has 9 nitrogen and oxygen atoms in total. The number of hydrogen-bond acceptors (Lipinski definition) is 6. The molecular weight excluding hydrogens is 374 g/mol. The maximum absolute atomic E-state index is 12.0. The highest BCUT2D eigenvalue weighted by Gasteiger charge is 2.27. The lowest BCUT2D eigenvalue weighted by Gasteiger charge is -2.33. The minimum absolute atomic E-state index is 0.0287. The van der Waals surface area contributed by atoms with Crippen LogP contribution in [0, 0.1) is 5.92 Å². The first-order valence-electron chi connectivity index (χ1n) is 10.7. The number of esters is 1. The number of nitrogens with one attached hydrogen (secondary N) is 1. The standard InChI is InChI=1S/C20H37N5O4/c1-4-29-19(27)17-6-10-25(11-7-17)20(22-16-18(26)23(2)3)21-8-5-9-24-12-14-28-15-13-24/h17H,4-16H2,1-3H3,(H,21,22). The second-order valence-corrected chi connectivity index (χ2v) is 7.68. The van der Waals surface area contributed by atoms with Crippen molar-refractivity contribution in [2.45, 2.75) is 26.2 Å². The third-order valence-corrected chi connectivity index (χ3v) is 5.32. The molecule has 0 saturated carbocycles. The SMILES string of the molecule is CCOC(=O)C1CCN(C(=NCC(=O)N(C)C)NCCCN2CCOCC2)CC1. The quantitative estimate of drug-likeness (QED) is 0.261. The Morgan fingerprint density at radius 1 is 1.17 bits per heavy atom. The average molecular weight is 412 g/mol. The Kier molecular flexibility index (Phi) is 10.2. The topological polar surface area (TPSA) is 86.7 Å². The van der Waals surface area contributed by atoms with Crippen LogP contribution in [0.3, 0.4) is 0 Å². The van der Waals surface area contributed by atoms with Crippen molar-refractivity contribution in [2.75, 3.05) is 79.7 Å². The van der Waals surface area contributed by atoms with Crippen LogP contribution in [-0.2, 0) is 19.1 Å². The predicted octanol–water partition coefficient (Wildman–Crippen LogP) is 0.0176. The van der Waals surface area contributed by atoms with Crippen molar-refractivity contribution in [1.82, 2.24) is 20.0 Å². The number of carbonyl (C=O) groups is 2. The van der Waals surface area contributed by atoms with Gasteiger partial charge in [-0.3, -0.25) is 14.5 Å². The third-order valence-electron chi connectivity index (χ3n) is 5.32. The second kappa shape index (κ2) is 12.6. The average Bonchev–Trinajstić information content (AvgIpc) is 2.74. The maximum Gasteiger partial charge on any atom is 0.309 e. The number of likely N-dealkylation sites (tertiary alicyclic amines) is 1. The summed E-state index contributed by atoms with van der Waals surface area (Å²) >= 11 is 0. The summed E-state index contributed by atoms with van der Waals surface area (Å²) in [5.41, 5.74) is 0. The number of rotatable bonds is 8. The van der Waals surface area contributed by atoms with Crippen molar-refractivity contribution in [3.05, 3.63) is 0 Å². The molecule has 0 aromatic rings. The van der Waals surface area contributed by atoms with E-state index in [2.05, 4.69) is 20.1 Å². The van der Waals surface area contributed by atoms with E-state index in [9.17, 15) is 9.59 Å². The zero-order chi connectivity index (χ0) is 21.1. The molecule has 2 aliphatic heterocycles. The molecule has 0 atom stereocenters. The van der Waals surface area contributed by atoms with E-state index in [0.717, 1.165) is 77.7 Å². The Morgan fingerprint density at radius 3 is 2.48 bits per heavy atom. The van der Waals surface area contributed by atoms with Crippen molar-refractivity contribution in [1.29, 1.82) is 0 Å². The monoisotopic (exact) mass is 411 g/mol. The largest absolute Gasteiger partial charge is 0.466 e. The molecule has 9 heteroatoms. The van der Waals surface area contributed by atoms with Crippen LogP contribution in [0.25, 0.3) is 0 Å². The molecule has 0 aromatic heterocycles. The molecule has 0 bridgehead atoms. The molecule has 1 N–H and O–H groups in total. The maximum atomic E-state index is 12.0. The molecule has 2 aliphatic rings. The van der Waals surface area contributed by atoms with E-state index in [0.29, 0.717) is 6.61 Å². The summed E-state index contributed by atoms with van der Waals surface area (Å²) in [4.78, 5) is 34.6. The molecule has 2 heterocycles. The number of carbonyl (C=O) groups excluding carboxylic acids is 2. The minimum atomic E-state index is -0.105. The lowest BCUT2D eigenvalue weighted by atomic mass is 9.97. The molecule has 0 unspecified atom stereocenters. The van der Waals surface area contributed by atoms with E-state index >= 15 is 0 Å². The number of ether oxygens (including phenoxy) is 2. The van der Waals surface area contributed by atoms with Crippen molar-refractivity contribution in [3.63, 3.8) is 0 Å². The Balaban J connectivity index is 1.85. The van der Waals surface area contributed by atoms with E-state index in [1.807, 2.05) is 6.92 Å². The van der Waals surface area contributed by atoms with Crippen LogP contribution in [0.4, 0.5) is 0 Å². The highest BCUT2D eigenvalue weighted by atomic mass is 16.5. The van der Waals surface area contributed by atoms with E-state index in [4.69, 9.17) is 9.47 Å². The molecule has 166 valence electrons. The highest BCUT2D eigenvalue weighted by Crippen LogP contribution is 2.18. The summed E-state index contributed by atoms with van der Waals surface area (Å²) in [7, 11) is 3.47. The first-order chi connectivity index (χ1) is 14.0. The molecule has 0 radical (unpaired) electrons. The van der Waals surface area contributed by atoms with E-state index in [1.54, 1.807) is 19.0 Å². The van der Waals surface area contributed by atoms with Crippen molar-refractivity contribution in [2.24, 2.45) is 10.9 Å².